The quantitative estimate of drug-likeness (QED) is 0.586. The van der Waals surface area contributed by atoms with Crippen molar-refractivity contribution >= 4 is 11.6 Å². The minimum Gasteiger partial charge on any atom is -0.508 e. The molecule has 4 nitrogen and oxygen atoms in total. The summed E-state index contributed by atoms with van der Waals surface area (Å²) in [4.78, 5) is 11.8. The monoisotopic (exact) mass is 283 g/mol. The van der Waals surface area contributed by atoms with E-state index in [1.165, 1.54) is 0 Å². The maximum atomic E-state index is 13.4. The minimum absolute atomic E-state index is 0.307. The lowest BCUT2D eigenvalue weighted by Gasteiger charge is -2.08. The lowest BCUT2D eigenvalue weighted by atomic mass is 10.1. The number of anilines is 1. The van der Waals surface area contributed by atoms with Crippen molar-refractivity contribution in [2.75, 3.05) is 5.32 Å². The molecule has 20 heavy (non-hydrogen) atoms. The smallest absolute Gasteiger partial charge is 0.259 e. The normalized spacial score (nSPS) is 10.3. The summed E-state index contributed by atoms with van der Waals surface area (Å²) in [6.45, 7) is 0. The van der Waals surface area contributed by atoms with Gasteiger partial charge in [0.1, 0.15) is 17.3 Å². The molecule has 0 fully saturated rings. The van der Waals surface area contributed by atoms with Gasteiger partial charge in [0.15, 0.2) is 11.6 Å². The first-order valence-corrected chi connectivity index (χ1v) is 5.36. The summed E-state index contributed by atoms with van der Waals surface area (Å²) in [7, 11) is 0. The fourth-order valence-electron chi connectivity index (χ4n) is 1.54. The molecule has 0 radical (unpaired) electrons. The summed E-state index contributed by atoms with van der Waals surface area (Å²) < 4.78 is 39.3. The second-order valence-electron chi connectivity index (χ2n) is 3.90. The van der Waals surface area contributed by atoms with Gasteiger partial charge in [-0.1, -0.05) is 0 Å². The number of phenolic OH excluding ortho intramolecular Hbond substituents is 2. The van der Waals surface area contributed by atoms with Gasteiger partial charge in [-0.2, -0.15) is 0 Å². The molecule has 0 bridgehead atoms. The van der Waals surface area contributed by atoms with Crippen LogP contribution < -0.4 is 5.32 Å². The summed E-state index contributed by atoms with van der Waals surface area (Å²) >= 11 is 0. The van der Waals surface area contributed by atoms with Crippen molar-refractivity contribution in [2.45, 2.75) is 0 Å². The number of carbonyl (C=O) groups is 1. The van der Waals surface area contributed by atoms with E-state index in [0.717, 1.165) is 18.2 Å². The van der Waals surface area contributed by atoms with Gasteiger partial charge in [-0.05, 0) is 18.2 Å². The van der Waals surface area contributed by atoms with Crippen LogP contribution in [-0.4, -0.2) is 16.1 Å². The minimum atomic E-state index is -1.46. The van der Waals surface area contributed by atoms with E-state index >= 15 is 0 Å². The Balaban J connectivity index is 2.35. The van der Waals surface area contributed by atoms with Crippen LogP contribution in [0.25, 0.3) is 0 Å². The van der Waals surface area contributed by atoms with E-state index in [-0.39, 0.29) is 11.3 Å². The van der Waals surface area contributed by atoms with E-state index in [2.05, 4.69) is 0 Å². The fraction of sp³-hybridized carbons (Fsp3) is 0. The maximum Gasteiger partial charge on any atom is 0.259 e. The van der Waals surface area contributed by atoms with Gasteiger partial charge < -0.3 is 15.5 Å². The Bertz CT molecular complexity index is 689. The van der Waals surface area contributed by atoms with Gasteiger partial charge in [0.2, 0.25) is 0 Å². The van der Waals surface area contributed by atoms with E-state index in [0.29, 0.717) is 12.1 Å². The average molecular weight is 283 g/mol. The maximum absolute atomic E-state index is 13.4. The second kappa shape index (κ2) is 5.12. The first-order valence-electron chi connectivity index (χ1n) is 5.36. The second-order valence-corrected chi connectivity index (χ2v) is 3.90. The predicted octanol–water partition coefficient (Wildman–Crippen LogP) is 2.77. The van der Waals surface area contributed by atoms with Crippen LogP contribution in [-0.2, 0) is 0 Å². The molecule has 0 heterocycles. The van der Waals surface area contributed by atoms with Crippen LogP contribution in [0.1, 0.15) is 10.4 Å². The molecule has 0 aromatic heterocycles. The number of nitrogens with one attached hydrogen (secondary N) is 1. The Kier molecular flexibility index (Phi) is 3.51. The van der Waals surface area contributed by atoms with Crippen molar-refractivity contribution in [3.8, 4) is 11.5 Å². The largest absolute Gasteiger partial charge is 0.508 e. The van der Waals surface area contributed by atoms with E-state index in [1.54, 1.807) is 0 Å². The highest BCUT2D eigenvalue weighted by Crippen LogP contribution is 2.25. The van der Waals surface area contributed by atoms with Crippen molar-refractivity contribution in [1.29, 1.82) is 0 Å². The van der Waals surface area contributed by atoms with Crippen LogP contribution >= 0.6 is 0 Å². The van der Waals surface area contributed by atoms with Gasteiger partial charge in [-0.25, -0.2) is 13.2 Å². The van der Waals surface area contributed by atoms with Crippen LogP contribution in [0.15, 0.2) is 30.3 Å². The Morgan fingerprint density at radius 3 is 2.45 bits per heavy atom. The van der Waals surface area contributed by atoms with Crippen LogP contribution in [0.5, 0.6) is 11.5 Å². The molecular weight excluding hydrogens is 275 g/mol. The summed E-state index contributed by atoms with van der Waals surface area (Å²) in [6.07, 6.45) is 0. The lowest BCUT2D eigenvalue weighted by Crippen LogP contribution is -2.14. The molecule has 2 aromatic carbocycles. The summed E-state index contributed by atoms with van der Waals surface area (Å²) in [5.74, 6) is -5.77. The number of rotatable bonds is 2. The lowest BCUT2D eigenvalue weighted by molar-refractivity contribution is 0.102. The molecule has 0 aliphatic carbocycles. The molecule has 7 heteroatoms. The number of hydrogen-bond acceptors (Lipinski definition) is 3. The van der Waals surface area contributed by atoms with Crippen molar-refractivity contribution in [3.05, 3.63) is 53.3 Å². The Morgan fingerprint density at radius 1 is 1.05 bits per heavy atom. The summed E-state index contributed by atoms with van der Waals surface area (Å²) in [5.41, 5.74) is -1.08. The molecule has 0 unspecified atom stereocenters. The summed E-state index contributed by atoms with van der Waals surface area (Å²) in [6, 6.07) is 4.03. The zero-order valence-electron chi connectivity index (χ0n) is 9.82. The molecule has 2 aromatic rings. The molecule has 0 atom stereocenters. The number of amides is 1. The molecule has 104 valence electrons. The molecule has 2 rings (SSSR count). The average Bonchev–Trinajstić information content (AvgIpc) is 2.38. The number of phenols is 2. The number of hydrogen-bond donors (Lipinski definition) is 3. The van der Waals surface area contributed by atoms with E-state index in [4.69, 9.17) is 0 Å². The van der Waals surface area contributed by atoms with Gasteiger partial charge in [-0.3, -0.25) is 4.79 Å². The van der Waals surface area contributed by atoms with Crippen molar-refractivity contribution in [3.63, 3.8) is 0 Å². The molecule has 0 saturated carbocycles. The Morgan fingerprint density at radius 2 is 1.75 bits per heavy atom. The van der Waals surface area contributed by atoms with Crippen molar-refractivity contribution < 1.29 is 28.2 Å². The van der Waals surface area contributed by atoms with E-state index < -0.39 is 34.8 Å². The standard InChI is InChI=1S/C13H8F3NO3/c14-6-3-9(15)12(16)10(4-6)17-13(20)8-5-7(18)1-2-11(8)19/h1-5,18-19H,(H,17,20). The fourth-order valence-corrected chi connectivity index (χ4v) is 1.54. The number of halogens is 3. The molecule has 0 saturated heterocycles. The zero-order valence-corrected chi connectivity index (χ0v) is 9.82. The number of aromatic hydroxyl groups is 2. The topological polar surface area (TPSA) is 69.6 Å². The number of benzene rings is 2. The van der Waals surface area contributed by atoms with E-state index in [9.17, 15) is 28.2 Å². The first kappa shape index (κ1) is 13.7. The molecule has 3 N–H and O–H groups in total. The van der Waals surface area contributed by atoms with E-state index in [1.807, 2.05) is 5.32 Å². The molecule has 0 aliphatic heterocycles. The van der Waals surface area contributed by atoms with Gasteiger partial charge in [0.25, 0.3) is 5.91 Å². The Hall–Kier alpha value is -2.70. The molecular formula is C13H8F3NO3. The van der Waals surface area contributed by atoms with Crippen LogP contribution in [0.2, 0.25) is 0 Å². The molecule has 1 amide bonds. The highest BCUT2D eigenvalue weighted by Gasteiger charge is 2.17. The Labute approximate surface area is 111 Å². The third-order valence-corrected chi connectivity index (χ3v) is 2.47. The molecule has 0 spiro atoms. The van der Waals surface area contributed by atoms with Crippen LogP contribution in [0.3, 0.4) is 0 Å². The predicted molar refractivity (Wildman–Crippen MR) is 64.0 cm³/mol. The SMILES string of the molecule is O=C(Nc1cc(F)cc(F)c1F)c1cc(O)ccc1O. The van der Waals surface area contributed by atoms with Gasteiger partial charge in [0.05, 0.1) is 11.3 Å². The highest BCUT2D eigenvalue weighted by molar-refractivity contribution is 6.06. The van der Waals surface area contributed by atoms with Gasteiger partial charge in [0, 0.05) is 12.1 Å². The highest BCUT2D eigenvalue weighted by atomic mass is 19.2. The van der Waals surface area contributed by atoms with Crippen molar-refractivity contribution in [2.24, 2.45) is 0 Å². The van der Waals surface area contributed by atoms with Gasteiger partial charge >= 0.3 is 0 Å². The molecule has 0 aliphatic rings. The van der Waals surface area contributed by atoms with Crippen LogP contribution in [0.4, 0.5) is 18.9 Å². The summed E-state index contributed by atoms with van der Waals surface area (Å²) in [5, 5.41) is 20.6. The number of carbonyl (C=O) groups excluding carboxylic acids is 1. The first-order chi connectivity index (χ1) is 9.38. The van der Waals surface area contributed by atoms with Crippen molar-refractivity contribution in [1.82, 2.24) is 0 Å². The third-order valence-electron chi connectivity index (χ3n) is 2.47. The van der Waals surface area contributed by atoms with Crippen LogP contribution in [0, 0.1) is 17.5 Å². The van der Waals surface area contributed by atoms with Gasteiger partial charge in [-0.15, -0.1) is 0 Å². The third kappa shape index (κ3) is 2.66. The zero-order chi connectivity index (χ0) is 14.9.